The summed E-state index contributed by atoms with van der Waals surface area (Å²) in [6.07, 6.45) is -1.02. The monoisotopic (exact) mass is 174 g/mol. The minimum absolute atomic E-state index is 0.286. The second-order valence-electron chi connectivity index (χ2n) is 2.68. The van der Waals surface area contributed by atoms with Crippen LogP contribution in [0.4, 0.5) is 4.79 Å². The third-order valence-corrected chi connectivity index (χ3v) is 1.89. The Labute approximate surface area is 68.6 Å². The molecule has 0 bridgehead atoms. The summed E-state index contributed by atoms with van der Waals surface area (Å²) in [7, 11) is 0. The van der Waals surface area contributed by atoms with Crippen LogP contribution in [0.25, 0.3) is 0 Å². The molecule has 1 rings (SSSR count). The lowest BCUT2D eigenvalue weighted by Crippen LogP contribution is -2.55. The summed E-state index contributed by atoms with van der Waals surface area (Å²) in [6.45, 7) is -0.120. The molecule has 1 aliphatic heterocycles. The summed E-state index contributed by atoms with van der Waals surface area (Å²) in [5, 5.41) is 21.7. The van der Waals surface area contributed by atoms with Crippen LogP contribution in [0.1, 0.15) is 6.42 Å². The Hall–Kier alpha value is -1.30. The first kappa shape index (κ1) is 8.79. The van der Waals surface area contributed by atoms with Crippen LogP contribution in [0.2, 0.25) is 0 Å². The van der Waals surface area contributed by atoms with Crippen molar-refractivity contribution in [3.63, 3.8) is 0 Å². The van der Waals surface area contributed by atoms with E-state index in [0.29, 0.717) is 6.54 Å². The minimum atomic E-state index is -1.33. The summed E-state index contributed by atoms with van der Waals surface area (Å²) in [5.74, 6) is -0.465. The minimum Gasteiger partial charge on any atom is -0.465 e. The number of aliphatic hydroxyl groups is 1. The van der Waals surface area contributed by atoms with Gasteiger partial charge in [0.1, 0.15) is 5.54 Å². The van der Waals surface area contributed by atoms with Crippen LogP contribution in [-0.2, 0) is 4.79 Å². The Morgan fingerprint density at radius 2 is 2.42 bits per heavy atom. The van der Waals surface area contributed by atoms with Crippen molar-refractivity contribution in [3.05, 3.63) is 0 Å². The summed E-state index contributed by atoms with van der Waals surface area (Å²) in [5.41, 5.74) is -1.33. The predicted molar refractivity (Wildman–Crippen MR) is 38.6 cm³/mol. The molecule has 1 aliphatic rings. The number of amides is 2. The van der Waals surface area contributed by atoms with Gasteiger partial charge in [-0.25, -0.2) is 4.79 Å². The fourth-order valence-electron chi connectivity index (χ4n) is 1.19. The highest BCUT2D eigenvalue weighted by Gasteiger charge is 2.43. The zero-order chi connectivity index (χ0) is 9.19. The number of hydrogen-bond acceptors (Lipinski definition) is 3. The Kier molecular flexibility index (Phi) is 2.18. The van der Waals surface area contributed by atoms with Gasteiger partial charge in [0.05, 0.1) is 6.61 Å². The van der Waals surface area contributed by atoms with Gasteiger partial charge in [0.2, 0.25) is 5.91 Å². The highest BCUT2D eigenvalue weighted by atomic mass is 16.4. The van der Waals surface area contributed by atoms with Crippen molar-refractivity contribution in [1.82, 2.24) is 10.6 Å². The van der Waals surface area contributed by atoms with E-state index in [-0.39, 0.29) is 6.42 Å². The van der Waals surface area contributed by atoms with Crippen LogP contribution in [0, 0.1) is 0 Å². The molecule has 0 aromatic rings. The number of nitrogens with one attached hydrogen (secondary N) is 2. The topological polar surface area (TPSA) is 98.7 Å². The number of hydrogen-bond donors (Lipinski definition) is 4. The van der Waals surface area contributed by atoms with E-state index in [4.69, 9.17) is 10.2 Å². The SMILES string of the molecule is O=C(O)NC1(CO)CCNC1=O. The molecule has 1 saturated heterocycles. The Bertz CT molecular complexity index is 218. The first-order chi connectivity index (χ1) is 5.60. The van der Waals surface area contributed by atoms with E-state index in [1.54, 1.807) is 0 Å². The molecule has 0 aliphatic carbocycles. The molecule has 1 atom stereocenters. The normalized spacial score (nSPS) is 28.2. The molecule has 1 fully saturated rings. The lowest BCUT2D eigenvalue weighted by atomic mass is 9.99. The average molecular weight is 174 g/mol. The molecule has 0 saturated carbocycles. The molecule has 6 nitrogen and oxygen atoms in total. The largest absolute Gasteiger partial charge is 0.465 e. The number of aliphatic hydroxyl groups excluding tert-OH is 1. The van der Waals surface area contributed by atoms with Gasteiger partial charge < -0.3 is 20.8 Å². The van der Waals surface area contributed by atoms with Crippen LogP contribution >= 0.6 is 0 Å². The van der Waals surface area contributed by atoms with Crippen molar-refractivity contribution in [2.24, 2.45) is 0 Å². The fraction of sp³-hybridized carbons (Fsp3) is 0.667. The Morgan fingerprint density at radius 3 is 2.75 bits per heavy atom. The van der Waals surface area contributed by atoms with Crippen molar-refractivity contribution in [2.45, 2.75) is 12.0 Å². The maximum absolute atomic E-state index is 11.1. The number of rotatable bonds is 2. The summed E-state index contributed by atoms with van der Waals surface area (Å²) >= 11 is 0. The van der Waals surface area contributed by atoms with Gasteiger partial charge in [0.15, 0.2) is 0 Å². The second kappa shape index (κ2) is 2.98. The van der Waals surface area contributed by atoms with E-state index < -0.39 is 24.1 Å². The number of carbonyl (C=O) groups excluding carboxylic acids is 1. The van der Waals surface area contributed by atoms with Gasteiger partial charge in [-0.15, -0.1) is 0 Å². The van der Waals surface area contributed by atoms with Gasteiger partial charge in [-0.2, -0.15) is 0 Å². The van der Waals surface area contributed by atoms with Crippen molar-refractivity contribution in [3.8, 4) is 0 Å². The summed E-state index contributed by atoms with van der Waals surface area (Å²) in [6, 6.07) is 0. The van der Waals surface area contributed by atoms with Gasteiger partial charge in [-0.3, -0.25) is 4.79 Å². The maximum Gasteiger partial charge on any atom is 0.405 e. The van der Waals surface area contributed by atoms with Crippen molar-refractivity contribution in [1.29, 1.82) is 0 Å². The van der Waals surface area contributed by atoms with Crippen LogP contribution in [0.15, 0.2) is 0 Å². The smallest absolute Gasteiger partial charge is 0.405 e. The Morgan fingerprint density at radius 1 is 1.75 bits per heavy atom. The lowest BCUT2D eigenvalue weighted by molar-refractivity contribution is -0.125. The highest BCUT2D eigenvalue weighted by molar-refractivity contribution is 5.91. The molecule has 4 N–H and O–H groups in total. The first-order valence-electron chi connectivity index (χ1n) is 3.51. The van der Waals surface area contributed by atoms with E-state index in [9.17, 15) is 9.59 Å². The molecule has 6 heteroatoms. The quantitative estimate of drug-likeness (QED) is 0.409. The Balaban J connectivity index is 2.74. The molecule has 0 spiro atoms. The molecule has 1 heterocycles. The van der Waals surface area contributed by atoms with E-state index in [1.807, 2.05) is 5.32 Å². The van der Waals surface area contributed by atoms with Crippen molar-refractivity contribution in [2.75, 3.05) is 13.2 Å². The molecular weight excluding hydrogens is 164 g/mol. The molecule has 2 amide bonds. The van der Waals surface area contributed by atoms with Gasteiger partial charge >= 0.3 is 6.09 Å². The average Bonchev–Trinajstić information content (AvgIpc) is 2.32. The zero-order valence-corrected chi connectivity index (χ0v) is 6.33. The standard InChI is InChI=1S/C6H10N2O4/c9-3-6(8-5(11)12)1-2-7-4(6)10/h8-9H,1-3H2,(H,7,10)(H,11,12). The number of carboxylic acid groups (broad SMARTS) is 1. The summed E-state index contributed by atoms with van der Waals surface area (Å²) in [4.78, 5) is 21.3. The van der Waals surface area contributed by atoms with Gasteiger partial charge in [0, 0.05) is 6.54 Å². The van der Waals surface area contributed by atoms with Crippen LogP contribution < -0.4 is 10.6 Å². The number of carbonyl (C=O) groups is 2. The lowest BCUT2D eigenvalue weighted by Gasteiger charge is -2.22. The van der Waals surface area contributed by atoms with Gasteiger partial charge in [-0.05, 0) is 6.42 Å². The molecule has 1 unspecified atom stereocenters. The van der Waals surface area contributed by atoms with Gasteiger partial charge in [-0.1, -0.05) is 0 Å². The maximum atomic E-state index is 11.1. The fourth-order valence-corrected chi connectivity index (χ4v) is 1.19. The molecule has 0 aromatic heterocycles. The molecular formula is C6H10N2O4. The third kappa shape index (κ3) is 1.33. The molecule has 0 aromatic carbocycles. The zero-order valence-electron chi connectivity index (χ0n) is 6.33. The van der Waals surface area contributed by atoms with E-state index in [0.717, 1.165) is 0 Å². The van der Waals surface area contributed by atoms with Crippen molar-refractivity contribution >= 4 is 12.0 Å². The predicted octanol–water partition coefficient (Wildman–Crippen LogP) is -1.50. The van der Waals surface area contributed by atoms with E-state index in [2.05, 4.69) is 5.32 Å². The second-order valence-corrected chi connectivity index (χ2v) is 2.68. The molecule has 12 heavy (non-hydrogen) atoms. The van der Waals surface area contributed by atoms with Crippen molar-refractivity contribution < 1.29 is 19.8 Å². The first-order valence-corrected chi connectivity index (χ1v) is 3.51. The van der Waals surface area contributed by atoms with Crippen LogP contribution in [0.3, 0.4) is 0 Å². The van der Waals surface area contributed by atoms with E-state index >= 15 is 0 Å². The van der Waals surface area contributed by atoms with E-state index in [1.165, 1.54) is 0 Å². The highest BCUT2D eigenvalue weighted by Crippen LogP contribution is 2.14. The van der Waals surface area contributed by atoms with Crippen LogP contribution in [-0.4, -0.2) is 40.9 Å². The summed E-state index contributed by atoms with van der Waals surface area (Å²) < 4.78 is 0. The third-order valence-electron chi connectivity index (χ3n) is 1.89. The van der Waals surface area contributed by atoms with Gasteiger partial charge in [0.25, 0.3) is 0 Å². The molecule has 0 radical (unpaired) electrons. The molecule has 68 valence electrons. The van der Waals surface area contributed by atoms with Crippen LogP contribution in [0.5, 0.6) is 0 Å².